The van der Waals surface area contributed by atoms with Crippen LogP contribution in [0.4, 0.5) is 13.2 Å². The summed E-state index contributed by atoms with van der Waals surface area (Å²) in [6.45, 7) is 2.98. The van der Waals surface area contributed by atoms with Crippen LogP contribution in [-0.2, 0) is 0 Å². The van der Waals surface area contributed by atoms with Gasteiger partial charge in [-0.15, -0.1) is 0 Å². The van der Waals surface area contributed by atoms with Gasteiger partial charge in [0.05, 0.1) is 33.4 Å². The largest absolute Gasteiger partial charge is 0.493 e. The van der Waals surface area contributed by atoms with Crippen LogP contribution in [0, 0.1) is 0 Å². The lowest BCUT2D eigenvalue weighted by Gasteiger charge is -2.25. The second-order valence-corrected chi connectivity index (χ2v) is 7.79. The van der Waals surface area contributed by atoms with Crippen molar-refractivity contribution in [2.24, 2.45) is 4.99 Å². The SMILES string of the molecule is CCNC(=NCC(c1ccc(OC)c(OC)c1)N(C)C)NC1CCN(CC(F)(F)F)C1. The third kappa shape index (κ3) is 7.77. The zero-order chi connectivity index (χ0) is 23.0. The quantitative estimate of drug-likeness (QED) is 0.450. The van der Waals surface area contributed by atoms with Crippen molar-refractivity contribution in [3.05, 3.63) is 23.8 Å². The molecule has 31 heavy (non-hydrogen) atoms. The van der Waals surface area contributed by atoms with Gasteiger partial charge in [-0.05, 0) is 45.1 Å². The Morgan fingerprint density at radius 3 is 2.55 bits per heavy atom. The van der Waals surface area contributed by atoms with Crippen LogP contribution in [0.5, 0.6) is 11.5 Å². The molecule has 2 unspecified atom stereocenters. The maximum absolute atomic E-state index is 12.6. The maximum Gasteiger partial charge on any atom is 0.401 e. The summed E-state index contributed by atoms with van der Waals surface area (Å²) in [5, 5.41) is 6.48. The van der Waals surface area contributed by atoms with Gasteiger partial charge in [-0.25, -0.2) is 0 Å². The van der Waals surface area contributed by atoms with E-state index in [1.165, 1.54) is 4.90 Å². The Balaban J connectivity index is 2.08. The molecule has 0 aliphatic carbocycles. The predicted molar refractivity (Wildman–Crippen MR) is 116 cm³/mol. The Hall–Kier alpha value is -2.20. The van der Waals surface area contributed by atoms with E-state index >= 15 is 0 Å². The van der Waals surface area contributed by atoms with E-state index < -0.39 is 12.7 Å². The second-order valence-electron chi connectivity index (χ2n) is 7.79. The van der Waals surface area contributed by atoms with Crippen LogP contribution in [0.25, 0.3) is 0 Å². The maximum atomic E-state index is 12.6. The van der Waals surface area contributed by atoms with Crippen LogP contribution in [-0.4, -0.2) is 89.0 Å². The Morgan fingerprint density at radius 1 is 1.26 bits per heavy atom. The highest BCUT2D eigenvalue weighted by Gasteiger charge is 2.34. The van der Waals surface area contributed by atoms with E-state index in [-0.39, 0.29) is 12.1 Å². The first-order chi connectivity index (χ1) is 14.7. The van der Waals surface area contributed by atoms with Gasteiger partial charge in [-0.1, -0.05) is 6.07 Å². The lowest BCUT2D eigenvalue weighted by Crippen LogP contribution is -2.45. The van der Waals surface area contributed by atoms with Gasteiger partial charge < -0.3 is 25.0 Å². The molecular weight excluding hydrogens is 411 g/mol. The smallest absolute Gasteiger partial charge is 0.401 e. The van der Waals surface area contributed by atoms with Gasteiger partial charge in [0.25, 0.3) is 0 Å². The molecule has 176 valence electrons. The van der Waals surface area contributed by atoms with Crippen LogP contribution in [0.1, 0.15) is 24.9 Å². The number of halogens is 3. The van der Waals surface area contributed by atoms with Gasteiger partial charge in [0.15, 0.2) is 17.5 Å². The number of ether oxygens (including phenoxy) is 2. The minimum atomic E-state index is -4.17. The van der Waals surface area contributed by atoms with E-state index in [1.54, 1.807) is 14.2 Å². The van der Waals surface area contributed by atoms with Crippen molar-refractivity contribution in [3.63, 3.8) is 0 Å². The molecule has 0 spiro atoms. The van der Waals surface area contributed by atoms with Crippen molar-refractivity contribution in [1.29, 1.82) is 0 Å². The average Bonchev–Trinajstić information content (AvgIpc) is 3.12. The summed E-state index contributed by atoms with van der Waals surface area (Å²) in [5.41, 5.74) is 1.03. The molecule has 2 atom stereocenters. The van der Waals surface area contributed by atoms with E-state index in [9.17, 15) is 13.2 Å². The lowest BCUT2D eigenvalue weighted by atomic mass is 10.1. The van der Waals surface area contributed by atoms with E-state index in [0.717, 1.165) is 5.56 Å². The van der Waals surface area contributed by atoms with Crippen molar-refractivity contribution in [2.75, 3.05) is 61.0 Å². The average molecular weight is 446 g/mol. The number of hydrogen-bond acceptors (Lipinski definition) is 5. The number of hydrogen-bond donors (Lipinski definition) is 2. The molecular formula is C21H34F3N5O2. The molecule has 1 fully saturated rings. The molecule has 1 aliphatic rings. The van der Waals surface area contributed by atoms with Crippen molar-refractivity contribution in [2.45, 2.75) is 31.6 Å². The van der Waals surface area contributed by atoms with Crippen LogP contribution in [0.3, 0.4) is 0 Å². The van der Waals surface area contributed by atoms with E-state index in [0.29, 0.717) is 50.1 Å². The number of benzene rings is 1. The number of alkyl halides is 3. The van der Waals surface area contributed by atoms with Gasteiger partial charge in [0.2, 0.25) is 0 Å². The van der Waals surface area contributed by atoms with Crippen molar-refractivity contribution in [1.82, 2.24) is 20.4 Å². The molecule has 1 heterocycles. The fourth-order valence-electron chi connectivity index (χ4n) is 3.67. The van der Waals surface area contributed by atoms with Gasteiger partial charge >= 0.3 is 6.18 Å². The highest BCUT2D eigenvalue weighted by atomic mass is 19.4. The summed E-state index contributed by atoms with van der Waals surface area (Å²) in [7, 11) is 7.15. The monoisotopic (exact) mass is 445 g/mol. The van der Waals surface area contributed by atoms with Gasteiger partial charge in [-0.3, -0.25) is 9.89 Å². The zero-order valence-corrected chi connectivity index (χ0v) is 18.9. The number of nitrogens with zero attached hydrogens (tertiary/aromatic N) is 3. The fourth-order valence-corrected chi connectivity index (χ4v) is 3.67. The summed E-state index contributed by atoms with van der Waals surface area (Å²) >= 11 is 0. The Bertz CT molecular complexity index is 727. The molecule has 1 aromatic carbocycles. The molecule has 1 aliphatic heterocycles. The molecule has 2 N–H and O–H groups in total. The van der Waals surface area contributed by atoms with Crippen LogP contribution in [0.15, 0.2) is 23.2 Å². The first-order valence-corrected chi connectivity index (χ1v) is 10.4. The van der Waals surface area contributed by atoms with Gasteiger partial charge in [-0.2, -0.15) is 13.2 Å². The topological polar surface area (TPSA) is 61.4 Å². The standard InChI is InChI=1S/C21H34F3N5O2/c1-6-25-20(27-16-9-10-29(13-16)14-21(22,23)24)26-12-17(28(2)3)15-7-8-18(30-4)19(11-15)31-5/h7-8,11,16-17H,6,9-10,12-14H2,1-5H3,(H2,25,26,27). The number of rotatable bonds is 9. The zero-order valence-electron chi connectivity index (χ0n) is 18.9. The Morgan fingerprint density at radius 2 is 1.97 bits per heavy atom. The third-order valence-electron chi connectivity index (χ3n) is 5.20. The number of aliphatic imine (C=N–C) groups is 1. The van der Waals surface area contributed by atoms with Crippen molar-refractivity contribution < 1.29 is 22.6 Å². The van der Waals surface area contributed by atoms with Crippen molar-refractivity contribution >= 4 is 5.96 Å². The molecule has 1 aromatic rings. The number of likely N-dealkylation sites (N-methyl/N-ethyl adjacent to an activating group) is 1. The molecule has 0 amide bonds. The first-order valence-electron chi connectivity index (χ1n) is 10.4. The summed E-state index contributed by atoms with van der Waals surface area (Å²) in [5.74, 6) is 1.91. The molecule has 7 nitrogen and oxygen atoms in total. The summed E-state index contributed by atoms with van der Waals surface area (Å²) < 4.78 is 48.7. The highest BCUT2D eigenvalue weighted by molar-refractivity contribution is 5.80. The van der Waals surface area contributed by atoms with E-state index in [1.807, 2.05) is 39.2 Å². The Kier molecular flexibility index (Phi) is 9.24. The predicted octanol–water partition coefficient (Wildman–Crippen LogP) is 2.50. The Labute approximate surface area is 182 Å². The first kappa shape index (κ1) is 25.1. The highest BCUT2D eigenvalue weighted by Crippen LogP contribution is 2.31. The molecule has 10 heteroatoms. The lowest BCUT2D eigenvalue weighted by molar-refractivity contribution is -0.143. The molecule has 0 saturated carbocycles. The number of nitrogens with one attached hydrogen (secondary N) is 2. The molecule has 1 saturated heterocycles. The van der Waals surface area contributed by atoms with Gasteiger partial charge in [0.1, 0.15) is 0 Å². The van der Waals surface area contributed by atoms with Crippen LogP contribution in [0.2, 0.25) is 0 Å². The minimum absolute atomic E-state index is 0.0134. The summed E-state index contributed by atoms with van der Waals surface area (Å²) in [4.78, 5) is 8.20. The molecule has 0 radical (unpaired) electrons. The van der Waals surface area contributed by atoms with Crippen molar-refractivity contribution in [3.8, 4) is 11.5 Å². The minimum Gasteiger partial charge on any atom is -0.493 e. The summed E-state index contributed by atoms with van der Waals surface area (Å²) in [6, 6.07) is 5.70. The van der Waals surface area contributed by atoms with E-state index in [4.69, 9.17) is 14.5 Å². The van der Waals surface area contributed by atoms with Crippen LogP contribution < -0.4 is 20.1 Å². The number of likely N-dealkylation sites (tertiary alicyclic amines) is 1. The number of methoxy groups -OCH3 is 2. The van der Waals surface area contributed by atoms with Crippen LogP contribution >= 0.6 is 0 Å². The molecule has 0 bridgehead atoms. The van der Waals surface area contributed by atoms with Gasteiger partial charge in [0, 0.05) is 25.7 Å². The second kappa shape index (κ2) is 11.4. The normalized spacial score (nSPS) is 18.9. The molecule has 0 aromatic heterocycles. The third-order valence-corrected chi connectivity index (χ3v) is 5.20. The number of guanidine groups is 1. The summed E-state index contributed by atoms with van der Waals surface area (Å²) in [6.07, 6.45) is -3.53. The fraction of sp³-hybridized carbons (Fsp3) is 0.667. The molecule has 2 rings (SSSR count). The van der Waals surface area contributed by atoms with E-state index in [2.05, 4.69) is 15.5 Å².